The van der Waals surface area contributed by atoms with Gasteiger partial charge in [-0.05, 0) is 43.4 Å². The second kappa shape index (κ2) is 8.06. The molecule has 28 heavy (non-hydrogen) atoms. The molecule has 0 spiro atoms. The fraction of sp³-hybridized carbons (Fsp3) is 0.286. The smallest absolute Gasteiger partial charge is 0.275 e. The predicted molar refractivity (Wildman–Crippen MR) is 114 cm³/mol. The lowest BCUT2D eigenvalue weighted by molar-refractivity contribution is -0.117. The van der Waals surface area contributed by atoms with E-state index in [-0.39, 0.29) is 18.0 Å². The molecular weight excluding hydrogens is 372 g/mol. The van der Waals surface area contributed by atoms with Crippen LogP contribution in [0.5, 0.6) is 0 Å². The Bertz CT molecular complexity index is 1070. The molecule has 7 heteroatoms. The fourth-order valence-electron chi connectivity index (χ4n) is 3.52. The van der Waals surface area contributed by atoms with Crippen LogP contribution in [0.3, 0.4) is 0 Å². The Morgan fingerprint density at radius 1 is 1.11 bits per heavy atom. The first kappa shape index (κ1) is 18.6. The highest BCUT2D eigenvalue weighted by Gasteiger charge is 2.20. The van der Waals surface area contributed by atoms with Gasteiger partial charge in [0.1, 0.15) is 6.54 Å². The van der Waals surface area contributed by atoms with Crippen LogP contribution < -0.4 is 15.8 Å². The molecule has 1 aromatic heterocycles. The van der Waals surface area contributed by atoms with Crippen molar-refractivity contribution in [3.8, 4) is 0 Å². The molecule has 0 aliphatic carbocycles. The van der Waals surface area contributed by atoms with Gasteiger partial charge in [0.2, 0.25) is 5.91 Å². The molecule has 0 saturated carbocycles. The van der Waals surface area contributed by atoms with Gasteiger partial charge in [0.05, 0.1) is 5.39 Å². The summed E-state index contributed by atoms with van der Waals surface area (Å²) in [5.74, 6) is 0.514. The van der Waals surface area contributed by atoms with Crippen LogP contribution in [0.2, 0.25) is 0 Å². The van der Waals surface area contributed by atoms with Crippen LogP contribution in [0.4, 0.5) is 11.5 Å². The number of aromatic nitrogens is 2. The molecule has 6 nitrogen and oxygen atoms in total. The van der Waals surface area contributed by atoms with Crippen molar-refractivity contribution in [3.05, 3.63) is 58.9 Å². The number of carbonyl (C=O) groups excluding carboxylic acids is 1. The Morgan fingerprint density at radius 2 is 1.86 bits per heavy atom. The van der Waals surface area contributed by atoms with E-state index in [1.165, 1.54) is 4.68 Å². The zero-order valence-corrected chi connectivity index (χ0v) is 16.5. The van der Waals surface area contributed by atoms with E-state index in [4.69, 9.17) is 0 Å². The monoisotopic (exact) mass is 394 g/mol. The van der Waals surface area contributed by atoms with Gasteiger partial charge in [-0.25, -0.2) is 4.68 Å². The summed E-state index contributed by atoms with van der Waals surface area (Å²) in [6.45, 7) is 1.72. The van der Waals surface area contributed by atoms with Crippen molar-refractivity contribution in [2.24, 2.45) is 0 Å². The third-order valence-corrected chi connectivity index (χ3v) is 5.63. The highest BCUT2D eigenvalue weighted by atomic mass is 32.2. The Kier molecular flexibility index (Phi) is 5.34. The maximum atomic E-state index is 12.9. The summed E-state index contributed by atoms with van der Waals surface area (Å²) in [5, 5.41) is 8.87. The number of hydrogen-bond acceptors (Lipinski definition) is 5. The molecule has 1 saturated heterocycles. The van der Waals surface area contributed by atoms with Crippen molar-refractivity contribution >= 4 is 39.9 Å². The van der Waals surface area contributed by atoms with Crippen molar-refractivity contribution in [3.63, 3.8) is 0 Å². The zero-order valence-electron chi connectivity index (χ0n) is 15.7. The standard InChI is InChI=1S/C21H22N4O2S/c1-28-16-8-6-7-15(13-16)22-19(26)14-25-21(27)18-10-3-2-9-17(18)20(23-25)24-11-4-5-12-24/h2-3,6-10,13H,4-5,11-12,14H2,1H3,(H,22,26). The lowest BCUT2D eigenvalue weighted by atomic mass is 10.2. The predicted octanol–water partition coefficient (Wildman–Crippen LogP) is 3.36. The molecule has 144 valence electrons. The molecule has 4 rings (SSSR count). The maximum absolute atomic E-state index is 12.9. The van der Waals surface area contributed by atoms with Gasteiger partial charge in [-0.2, -0.15) is 5.10 Å². The molecule has 1 amide bonds. The molecule has 0 radical (unpaired) electrons. The van der Waals surface area contributed by atoms with Crippen LogP contribution in [-0.4, -0.2) is 35.0 Å². The van der Waals surface area contributed by atoms with Crippen LogP contribution in [0.15, 0.2) is 58.2 Å². The number of anilines is 2. The maximum Gasteiger partial charge on any atom is 0.275 e. The van der Waals surface area contributed by atoms with E-state index in [1.54, 1.807) is 17.8 Å². The van der Waals surface area contributed by atoms with Crippen molar-refractivity contribution in [1.29, 1.82) is 0 Å². The highest BCUT2D eigenvalue weighted by Crippen LogP contribution is 2.25. The van der Waals surface area contributed by atoms with E-state index in [0.29, 0.717) is 11.1 Å². The summed E-state index contributed by atoms with van der Waals surface area (Å²) in [5.41, 5.74) is 0.469. The number of hydrogen-bond donors (Lipinski definition) is 1. The summed E-state index contributed by atoms with van der Waals surface area (Å²) in [4.78, 5) is 28.7. The fourth-order valence-corrected chi connectivity index (χ4v) is 3.98. The first-order valence-electron chi connectivity index (χ1n) is 9.34. The van der Waals surface area contributed by atoms with E-state index >= 15 is 0 Å². The molecule has 3 aromatic rings. The SMILES string of the molecule is CSc1cccc(NC(=O)Cn2nc(N3CCCC3)c3ccccc3c2=O)c1. The van der Waals surface area contributed by atoms with Crippen molar-refractivity contribution < 1.29 is 4.79 Å². The van der Waals surface area contributed by atoms with Gasteiger partial charge in [0.15, 0.2) is 5.82 Å². The third kappa shape index (κ3) is 3.75. The molecular formula is C21H22N4O2S. The lowest BCUT2D eigenvalue weighted by Gasteiger charge is -2.19. The second-order valence-corrected chi connectivity index (χ2v) is 7.69. The van der Waals surface area contributed by atoms with E-state index in [2.05, 4.69) is 15.3 Å². The Balaban J connectivity index is 1.65. The number of nitrogens with zero attached hydrogens (tertiary/aromatic N) is 3. The average Bonchev–Trinajstić information content (AvgIpc) is 3.25. The molecule has 2 aromatic carbocycles. The third-order valence-electron chi connectivity index (χ3n) is 4.90. The number of benzene rings is 2. The zero-order chi connectivity index (χ0) is 19.5. The van der Waals surface area contributed by atoms with E-state index in [9.17, 15) is 9.59 Å². The summed E-state index contributed by atoms with van der Waals surface area (Å²) in [7, 11) is 0. The minimum atomic E-state index is -0.268. The normalized spacial score (nSPS) is 13.8. The minimum Gasteiger partial charge on any atom is -0.355 e. The van der Waals surface area contributed by atoms with Crippen LogP contribution in [-0.2, 0) is 11.3 Å². The van der Waals surface area contributed by atoms with Gasteiger partial charge in [0, 0.05) is 29.1 Å². The molecule has 1 N–H and O–H groups in total. The van der Waals surface area contributed by atoms with Gasteiger partial charge in [-0.1, -0.05) is 24.3 Å². The number of nitrogens with one attached hydrogen (secondary N) is 1. The average molecular weight is 395 g/mol. The number of amides is 1. The molecule has 1 aliphatic rings. The second-order valence-electron chi connectivity index (χ2n) is 6.81. The van der Waals surface area contributed by atoms with Gasteiger partial charge in [0.25, 0.3) is 5.56 Å². The highest BCUT2D eigenvalue weighted by molar-refractivity contribution is 7.98. The first-order valence-corrected chi connectivity index (χ1v) is 10.6. The van der Waals surface area contributed by atoms with Gasteiger partial charge < -0.3 is 10.2 Å². The Hall–Kier alpha value is -2.80. The van der Waals surface area contributed by atoms with Crippen molar-refractivity contribution in [1.82, 2.24) is 9.78 Å². The first-order chi connectivity index (χ1) is 13.7. The lowest BCUT2D eigenvalue weighted by Crippen LogP contribution is -2.32. The van der Waals surface area contributed by atoms with Crippen LogP contribution in [0.1, 0.15) is 12.8 Å². The molecule has 2 heterocycles. The molecule has 0 bridgehead atoms. The Morgan fingerprint density at radius 3 is 2.61 bits per heavy atom. The van der Waals surface area contributed by atoms with E-state index < -0.39 is 0 Å². The largest absolute Gasteiger partial charge is 0.355 e. The molecule has 0 unspecified atom stereocenters. The number of carbonyl (C=O) groups is 1. The molecule has 1 aliphatic heterocycles. The van der Waals surface area contributed by atoms with Crippen LogP contribution in [0.25, 0.3) is 10.8 Å². The summed E-state index contributed by atoms with van der Waals surface area (Å²) < 4.78 is 1.28. The summed E-state index contributed by atoms with van der Waals surface area (Å²) in [6.07, 6.45) is 4.21. The number of fused-ring (bicyclic) bond motifs is 1. The van der Waals surface area contributed by atoms with Crippen LogP contribution in [0, 0.1) is 0 Å². The number of thioether (sulfide) groups is 1. The minimum absolute atomic E-state index is 0.117. The van der Waals surface area contributed by atoms with Gasteiger partial charge in [-0.3, -0.25) is 9.59 Å². The van der Waals surface area contributed by atoms with Crippen LogP contribution >= 0.6 is 11.8 Å². The summed E-state index contributed by atoms with van der Waals surface area (Å²) >= 11 is 1.61. The molecule has 1 fully saturated rings. The quantitative estimate of drug-likeness (QED) is 0.672. The van der Waals surface area contributed by atoms with Crippen molar-refractivity contribution in [2.45, 2.75) is 24.3 Å². The number of rotatable bonds is 5. The molecule has 0 atom stereocenters. The van der Waals surface area contributed by atoms with E-state index in [1.807, 2.05) is 48.7 Å². The summed E-state index contributed by atoms with van der Waals surface area (Å²) in [6, 6.07) is 15.1. The van der Waals surface area contributed by atoms with Crippen molar-refractivity contribution in [2.75, 3.05) is 29.6 Å². The van der Waals surface area contributed by atoms with E-state index in [0.717, 1.165) is 42.0 Å². The Labute approximate surface area is 167 Å². The topological polar surface area (TPSA) is 67.2 Å². The van der Waals surface area contributed by atoms with Gasteiger partial charge >= 0.3 is 0 Å². The van der Waals surface area contributed by atoms with Gasteiger partial charge in [-0.15, -0.1) is 11.8 Å².